The fourth-order valence-corrected chi connectivity index (χ4v) is 5.88. The molecular formula is C20H29ClN2O3S. The predicted molar refractivity (Wildman–Crippen MR) is 107 cm³/mol. The van der Waals surface area contributed by atoms with Gasteiger partial charge >= 0.3 is 0 Å². The zero-order valence-corrected chi connectivity index (χ0v) is 17.7. The third-order valence-corrected chi connectivity index (χ3v) is 8.24. The Morgan fingerprint density at radius 2 is 1.93 bits per heavy atom. The van der Waals surface area contributed by atoms with Crippen LogP contribution in [0.4, 0.5) is 0 Å². The number of sulfonamides is 1. The quantitative estimate of drug-likeness (QED) is 0.818. The average molecular weight is 413 g/mol. The second-order valence-electron chi connectivity index (χ2n) is 7.99. The Hall–Kier alpha value is -1.11. The molecule has 0 bridgehead atoms. The Morgan fingerprint density at radius 1 is 1.19 bits per heavy atom. The second-order valence-corrected chi connectivity index (χ2v) is 10.3. The van der Waals surface area contributed by atoms with Gasteiger partial charge < -0.3 is 5.32 Å². The minimum Gasteiger partial charge on any atom is -0.353 e. The fraction of sp³-hybridized carbons (Fsp3) is 0.650. The molecule has 1 aliphatic carbocycles. The first-order valence-corrected chi connectivity index (χ1v) is 11.7. The molecule has 1 saturated heterocycles. The van der Waals surface area contributed by atoms with E-state index < -0.39 is 10.0 Å². The Balaban J connectivity index is 1.69. The molecule has 5 nitrogen and oxygen atoms in total. The number of nitrogens with zero attached hydrogens (tertiary/aromatic N) is 1. The van der Waals surface area contributed by atoms with E-state index in [0.717, 1.165) is 31.2 Å². The maximum absolute atomic E-state index is 13.0. The number of benzene rings is 1. The van der Waals surface area contributed by atoms with Gasteiger partial charge in [0.05, 0.1) is 10.8 Å². The smallest absolute Gasteiger partial charge is 0.243 e. The van der Waals surface area contributed by atoms with Gasteiger partial charge in [-0.2, -0.15) is 4.31 Å². The van der Waals surface area contributed by atoms with Crippen molar-refractivity contribution in [2.45, 2.75) is 63.3 Å². The minimum atomic E-state index is -3.64. The zero-order chi connectivity index (χ0) is 19.6. The summed E-state index contributed by atoms with van der Waals surface area (Å²) < 4.78 is 27.4. The van der Waals surface area contributed by atoms with Crippen molar-refractivity contribution < 1.29 is 13.2 Å². The molecule has 1 saturated carbocycles. The van der Waals surface area contributed by atoms with Crippen LogP contribution in [-0.4, -0.2) is 37.8 Å². The highest BCUT2D eigenvalue weighted by molar-refractivity contribution is 7.89. The molecule has 3 atom stereocenters. The van der Waals surface area contributed by atoms with E-state index in [1.807, 2.05) is 6.92 Å². The van der Waals surface area contributed by atoms with E-state index in [9.17, 15) is 13.2 Å². The van der Waals surface area contributed by atoms with Gasteiger partial charge in [0, 0.05) is 24.2 Å². The predicted octanol–water partition coefficient (Wildman–Crippen LogP) is 3.74. The SMILES string of the molecule is Cc1ccc(S(=O)(=O)N2CCC[C@H](C(=O)N[C@@H]3CCCC[C@@H]3C)C2)cc1Cl. The third-order valence-electron chi connectivity index (χ3n) is 5.98. The Kier molecular flexibility index (Phi) is 6.49. The lowest BCUT2D eigenvalue weighted by atomic mass is 9.85. The lowest BCUT2D eigenvalue weighted by Crippen LogP contribution is -2.49. The van der Waals surface area contributed by atoms with Crippen LogP contribution in [-0.2, 0) is 14.8 Å². The normalized spacial score (nSPS) is 27.3. The summed E-state index contributed by atoms with van der Waals surface area (Å²) in [5.74, 6) is 0.194. The molecule has 1 N–H and O–H groups in total. The van der Waals surface area contributed by atoms with Crippen molar-refractivity contribution in [1.29, 1.82) is 0 Å². The molecule has 0 aromatic heterocycles. The van der Waals surface area contributed by atoms with Gasteiger partial charge in [0.2, 0.25) is 15.9 Å². The standard InChI is InChI=1S/C20H29ClN2O3S/c1-14-9-10-17(12-18(14)21)27(25,26)23-11-5-7-16(13-23)20(24)22-19-8-4-3-6-15(19)2/h9-10,12,15-16,19H,3-8,11,13H2,1-2H3,(H,22,24)/t15-,16-,19+/m0/s1. The number of carbonyl (C=O) groups is 1. The highest BCUT2D eigenvalue weighted by Gasteiger charge is 2.34. The van der Waals surface area contributed by atoms with E-state index in [2.05, 4.69) is 12.2 Å². The van der Waals surface area contributed by atoms with Crippen molar-refractivity contribution in [3.8, 4) is 0 Å². The number of aryl methyl sites for hydroxylation is 1. The van der Waals surface area contributed by atoms with E-state index >= 15 is 0 Å². The van der Waals surface area contributed by atoms with Crippen molar-refractivity contribution in [1.82, 2.24) is 9.62 Å². The average Bonchev–Trinajstić information content (AvgIpc) is 2.65. The number of amides is 1. The van der Waals surface area contributed by atoms with Crippen LogP contribution in [0.3, 0.4) is 0 Å². The second kappa shape index (κ2) is 8.50. The van der Waals surface area contributed by atoms with Crippen LogP contribution in [0.1, 0.15) is 51.0 Å². The lowest BCUT2D eigenvalue weighted by molar-refractivity contribution is -0.127. The molecule has 7 heteroatoms. The van der Waals surface area contributed by atoms with Crippen molar-refractivity contribution in [2.24, 2.45) is 11.8 Å². The van der Waals surface area contributed by atoms with Crippen LogP contribution in [0.2, 0.25) is 5.02 Å². The third kappa shape index (κ3) is 4.66. The van der Waals surface area contributed by atoms with Gasteiger partial charge in [-0.25, -0.2) is 8.42 Å². The molecule has 3 rings (SSSR count). The summed E-state index contributed by atoms with van der Waals surface area (Å²) in [6.45, 7) is 4.70. The maximum Gasteiger partial charge on any atom is 0.243 e. The molecule has 1 aliphatic heterocycles. The zero-order valence-electron chi connectivity index (χ0n) is 16.1. The number of hydrogen-bond acceptors (Lipinski definition) is 3. The van der Waals surface area contributed by atoms with Crippen molar-refractivity contribution >= 4 is 27.5 Å². The molecule has 2 fully saturated rings. The first-order chi connectivity index (χ1) is 12.8. The number of halogens is 1. The Morgan fingerprint density at radius 3 is 2.63 bits per heavy atom. The Bertz CT molecular complexity index is 796. The van der Waals surface area contributed by atoms with Gasteiger partial charge in [-0.05, 0) is 56.2 Å². The van der Waals surface area contributed by atoms with Crippen molar-refractivity contribution in [2.75, 3.05) is 13.1 Å². The van der Waals surface area contributed by atoms with E-state index in [1.54, 1.807) is 12.1 Å². The van der Waals surface area contributed by atoms with Crippen molar-refractivity contribution in [3.63, 3.8) is 0 Å². The molecule has 0 spiro atoms. The van der Waals surface area contributed by atoms with E-state index in [1.165, 1.54) is 16.8 Å². The van der Waals surface area contributed by atoms with Gasteiger partial charge in [-0.15, -0.1) is 0 Å². The number of nitrogens with one attached hydrogen (secondary N) is 1. The summed E-state index contributed by atoms with van der Waals surface area (Å²) in [5, 5.41) is 3.62. The number of piperidine rings is 1. The van der Waals surface area contributed by atoms with Gasteiger partial charge in [0.25, 0.3) is 0 Å². The first kappa shape index (κ1) is 20.6. The highest BCUT2D eigenvalue weighted by Crippen LogP contribution is 2.28. The van der Waals surface area contributed by atoms with Crippen LogP contribution < -0.4 is 5.32 Å². The van der Waals surface area contributed by atoms with Gasteiger partial charge in [-0.1, -0.05) is 37.4 Å². The lowest BCUT2D eigenvalue weighted by Gasteiger charge is -2.34. The summed E-state index contributed by atoms with van der Waals surface area (Å²) in [6, 6.07) is 5.02. The largest absolute Gasteiger partial charge is 0.353 e. The molecule has 1 heterocycles. The molecule has 0 unspecified atom stereocenters. The van der Waals surface area contributed by atoms with Crippen molar-refractivity contribution in [3.05, 3.63) is 28.8 Å². The summed E-state index contributed by atoms with van der Waals surface area (Å²) >= 11 is 6.11. The van der Waals surface area contributed by atoms with Gasteiger partial charge in [0.1, 0.15) is 0 Å². The number of carbonyl (C=O) groups excluding carboxylic acids is 1. The van der Waals surface area contributed by atoms with Crippen LogP contribution in [0, 0.1) is 18.8 Å². The van der Waals surface area contributed by atoms with E-state index in [0.29, 0.717) is 23.9 Å². The molecule has 2 aliphatic rings. The molecule has 1 aromatic carbocycles. The fourth-order valence-electron chi connectivity index (χ4n) is 4.09. The molecule has 0 radical (unpaired) electrons. The topological polar surface area (TPSA) is 66.5 Å². The van der Waals surface area contributed by atoms with Crippen LogP contribution in [0.25, 0.3) is 0 Å². The van der Waals surface area contributed by atoms with Crippen LogP contribution in [0.15, 0.2) is 23.1 Å². The maximum atomic E-state index is 13.0. The van der Waals surface area contributed by atoms with Gasteiger partial charge in [-0.3, -0.25) is 4.79 Å². The molecular weight excluding hydrogens is 384 g/mol. The molecule has 150 valence electrons. The first-order valence-electron chi connectivity index (χ1n) is 9.85. The number of rotatable bonds is 4. The van der Waals surface area contributed by atoms with Crippen LogP contribution >= 0.6 is 11.6 Å². The van der Waals surface area contributed by atoms with E-state index in [4.69, 9.17) is 11.6 Å². The highest BCUT2D eigenvalue weighted by atomic mass is 35.5. The molecule has 27 heavy (non-hydrogen) atoms. The minimum absolute atomic E-state index is 0.00408. The molecule has 1 aromatic rings. The molecule has 1 amide bonds. The Labute approximate surface area is 167 Å². The summed E-state index contributed by atoms with van der Waals surface area (Å²) in [6.07, 6.45) is 5.95. The van der Waals surface area contributed by atoms with Gasteiger partial charge in [0.15, 0.2) is 0 Å². The number of hydrogen-bond donors (Lipinski definition) is 1. The van der Waals surface area contributed by atoms with Crippen LogP contribution in [0.5, 0.6) is 0 Å². The van der Waals surface area contributed by atoms with E-state index in [-0.39, 0.29) is 29.3 Å². The summed E-state index contributed by atoms with van der Waals surface area (Å²) in [5.41, 5.74) is 0.841. The monoisotopic (exact) mass is 412 g/mol. The summed E-state index contributed by atoms with van der Waals surface area (Å²) in [7, 11) is -3.64. The summed E-state index contributed by atoms with van der Waals surface area (Å²) in [4.78, 5) is 13.0.